The van der Waals surface area contributed by atoms with E-state index in [1.54, 1.807) is 12.1 Å². The Hall–Kier alpha value is -1.46. The molecule has 0 aromatic heterocycles. The summed E-state index contributed by atoms with van der Waals surface area (Å²) in [5.74, 6) is 0.919. The number of halogens is 1. The van der Waals surface area contributed by atoms with Crippen LogP contribution in [0.5, 0.6) is 11.5 Å². The Morgan fingerprint density at radius 3 is 2.55 bits per heavy atom. The number of ether oxygens (including phenoxy) is 2. The average molecular weight is 327 g/mol. The standard InChI is InChI=1S/C16H23ClN2O3/c1-5-22-15-13(17)6-12(7-14(15)21-4)16(20)19-8-10(2)18-11(3)9-19/h6-7,10-11,18H,5,8-9H2,1-4H3/t10-,11+. The molecule has 1 aromatic rings. The molecule has 1 amide bonds. The summed E-state index contributed by atoms with van der Waals surface area (Å²) in [6, 6.07) is 3.88. The smallest absolute Gasteiger partial charge is 0.254 e. The zero-order valence-electron chi connectivity index (χ0n) is 13.5. The number of rotatable bonds is 4. The highest BCUT2D eigenvalue weighted by molar-refractivity contribution is 6.32. The highest BCUT2D eigenvalue weighted by atomic mass is 35.5. The Morgan fingerprint density at radius 2 is 2.00 bits per heavy atom. The molecule has 22 heavy (non-hydrogen) atoms. The Labute approximate surface area is 136 Å². The van der Waals surface area contributed by atoms with Gasteiger partial charge in [0.1, 0.15) is 0 Å². The first-order valence-corrected chi connectivity index (χ1v) is 7.89. The maximum atomic E-state index is 12.7. The van der Waals surface area contributed by atoms with E-state index < -0.39 is 0 Å². The first kappa shape index (κ1) is 16.9. The van der Waals surface area contributed by atoms with Gasteiger partial charge in [0.15, 0.2) is 11.5 Å². The van der Waals surface area contributed by atoms with Gasteiger partial charge >= 0.3 is 0 Å². The monoisotopic (exact) mass is 326 g/mol. The lowest BCUT2D eigenvalue weighted by molar-refractivity contribution is 0.0673. The van der Waals surface area contributed by atoms with E-state index in [9.17, 15) is 4.79 Å². The molecule has 1 aromatic carbocycles. The van der Waals surface area contributed by atoms with Crippen LogP contribution in [0.2, 0.25) is 5.02 Å². The summed E-state index contributed by atoms with van der Waals surface area (Å²) in [6.45, 7) is 7.85. The second-order valence-corrected chi connectivity index (χ2v) is 6.01. The molecule has 5 nitrogen and oxygen atoms in total. The first-order valence-electron chi connectivity index (χ1n) is 7.51. The molecule has 122 valence electrons. The fourth-order valence-corrected chi connectivity index (χ4v) is 3.07. The van der Waals surface area contributed by atoms with Gasteiger partial charge < -0.3 is 19.7 Å². The molecule has 0 radical (unpaired) electrons. The number of nitrogens with one attached hydrogen (secondary N) is 1. The third kappa shape index (κ3) is 3.65. The molecule has 0 spiro atoms. The minimum absolute atomic E-state index is 0.0385. The van der Waals surface area contributed by atoms with Gasteiger partial charge in [-0.25, -0.2) is 0 Å². The van der Waals surface area contributed by atoms with E-state index in [0.717, 1.165) is 0 Å². The van der Waals surface area contributed by atoms with Crippen molar-refractivity contribution in [3.8, 4) is 11.5 Å². The van der Waals surface area contributed by atoms with Crippen molar-refractivity contribution in [3.63, 3.8) is 0 Å². The second kappa shape index (κ2) is 7.20. The fraction of sp³-hybridized carbons (Fsp3) is 0.562. The van der Waals surface area contributed by atoms with Gasteiger partial charge in [0, 0.05) is 30.7 Å². The van der Waals surface area contributed by atoms with Crippen molar-refractivity contribution < 1.29 is 14.3 Å². The molecule has 2 atom stereocenters. The third-order valence-corrected chi connectivity index (χ3v) is 3.89. The van der Waals surface area contributed by atoms with Crippen LogP contribution in [0.15, 0.2) is 12.1 Å². The number of benzene rings is 1. The largest absolute Gasteiger partial charge is 0.493 e. The normalized spacial score (nSPS) is 21.6. The summed E-state index contributed by atoms with van der Waals surface area (Å²) >= 11 is 6.24. The van der Waals surface area contributed by atoms with Crippen LogP contribution in [-0.2, 0) is 0 Å². The number of methoxy groups -OCH3 is 1. The Bertz CT molecular complexity index is 540. The number of nitrogens with zero attached hydrogens (tertiary/aromatic N) is 1. The molecule has 1 fully saturated rings. The zero-order valence-corrected chi connectivity index (χ0v) is 14.2. The van der Waals surface area contributed by atoms with Gasteiger partial charge in [-0.2, -0.15) is 0 Å². The van der Waals surface area contributed by atoms with Crippen LogP contribution >= 0.6 is 11.6 Å². The molecule has 0 bridgehead atoms. The average Bonchev–Trinajstić information content (AvgIpc) is 2.47. The molecule has 1 heterocycles. The molecule has 2 rings (SSSR count). The van der Waals surface area contributed by atoms with E-state index in [1.165, 1.54) is 7.11 Å². The molecule has 0 saturated carbocycles. The van der Waals surface area contributed by atoms with Gasteiger partial charge in [0.05, 0.1) is 18.7 Å². The maximum absolute atomic E-state index is 12.7. The molecule has 1 aliphatic heterocycles. The van der Waals surface area contributed by atoms with E-state index in [4.69, 9.17) is 21.1 Å². The molecule has 0 unspecified atom stereocenters. The number of hydrogen-bond acceptors (Lipinski definition) is 4. The van der Waals surface area contributed by atoms with Crippen LogP contribution in [0.4, 0.5) is 0 Å². The van der Waals surface area contributed by atoms with Crippen LogP contribution in [0, 0.1) is 0 Å². The summed E-state index contributed by atoms with van der Waals surface area (Å²) in [7, 11) is 1.54. The highest BCUT2D eigenvalue weighted by Gasteiger charge is 2.26. The van der Waals surface area contributed by atoms with Crippen LogP contribution in [0.3, 0.4) is 0 Å². The SMILES string of the molecule is CCOc1c(Cl)cc(C(=O)N2C[C@@H](C)N[C@@H](C)C2)cc1OC. The summed E-state index contributed by atoms with van der Waals surface area (Å²) in [5.41, 5.74) is 0.520. The van der Waals surface area contributed by atoms with Crippen molar-refractivity contribution in [2.24, 2.45) is 0 Å². The van der Waals surface area contributed by atoms with E-state index in [1.807, 2.05) is 11.8 Å². The van der Waals surface area contributed by atoms with E-state index in [0.29, 0.717) is 41.8 Å². The van der Waals surface area contributed by atoms with Gasteiger partial charge in [-0.15, -0.1) is 0 Å². The molecule has 1 N–H and O–H groups in total. The lowest BCUT2D eigenvalue weighted by atomic mass is 10.1. The number of amides is 1. The molecule has 0 aliphatic carbocycles. The number of hydrogen-bond donors (Lipinski definition) is 1. The molecule has 6 heteroatoms. The quantitative estimate of drug-likeness (QED) is 0.924. The van der Waals surface area contributed by atoms with Gasteiger partial charge in [0.2, 0.25) is 0 Å². The maximum Gasteiger partial charge on any atom is 0.254 e. The lowest BCUT2D eigenvalue weighted by Gasteiger charge is -2.36. The van der Waals surface area contributed by atoms with Gasteiger partial charge in [-0.3, -0.25) is 4.79 Å². The summed E-state index contributed by atoms with van der Waals surface area (Å²) in [6.07, 6.45) is 0. The first-order chi connectivity index (χ1) is 10.5. The number of carbonyl (C=O) groups is 1. The van der Waals surface area contributed by atoms with Gasteiger partial charge in [-0.1, -0.05) is 11.6 Å². The summed E-state index contributed by atoms with van der Waals surface area (Å²) in [5, 5.41) is 3.80. The van der Waals surface area contributed by atoms with Crippen molar-refractivity contribution in [1.29, 1.82) is 0 Å². The van der Waals surface area contributed by atoms with Crippen LogP contribution in [-0.4, -0.2) is 49.7 Å². The molecular formula is C16H23ClN2O3. The molecule has 1 saturated heterocycles. The topological polar surface area (TPSA) is 50.8 Å². The van der Waals surface area contributed by atoms with Gasteiger partial charge in [0.25, 0.3) is 5.91 Å². The van der Waals surface area contributed by atoms with Crippen LogP contribution < -0.4 is 14.8 Å². The Morgan fingerprint density at radius 1 is 1.36 bits per heavy atom. The lowest BCUT2D eigenvalue weighted by Crippen LogP contribution is -2.55. The van der Waals surface area contributed by atoms with Crippen molar-refractivity contribution in [2.75, 3.05) is 26.8 Å². The van der Waals surface area contributed by atoms with Crippen LogP contribution in [0.25, 0.3) is 0 Å². The van der Waals surface area contributed by atoms with E-state index in [-0.39, 0.29) is 18.0 Å². The third-order valence-electron chi connectivity index (χ3n) is 3.61. The van der Waals surface area contributed by atoms with Crippen LogP contribution in [0.1, 0.15) is 31.1 Å². The zero-order chi connectivity index (χ0) is 16.3. The highest BCUT2D eigenvalue weighted by Crippen LogP contribution is 2.36. The Kier molecular flexibility index (Phi) is 5.53. The van der Waals surface area contributed by atoms with Crippen molar-refractivity contribution in [2.45, 2.75) is 32.9 Å². The minimum atomic E-state index is -0.0385. The fourth-order valence-electron chi connectivity index (χ4n) is 2.80. The number of carbonyl (C=O) groups excluding carboxylic acids is 1. The summed E-state index contributed by atoms with van der Waals surface area (Å²) in [4.78, 5) is 14.6. The predicted molar refractivity (Wildman–Crippen MR) is 87.1 cm³/mol. The van der Waals surface area contributed by atoms with Crippen molar-refractivity contribution in [3.05, 3.63) is 22.7 Å². The molecule has 1 aliphatic rings. The second-order valence-electron chi connectivity index (χ2n) is 5.60. The van der Waals surface area contributed by atoms with Crippen molar-refractivity contribution in [1.82, 2.24) is 10.2 Å². The minimum Gasteiger partial charge on any atom is -0.493 e. The van der Waals surface area contributed by atoms with E-state index >= 15 is 0 Å². The number of piperazine rings is 1. The predicted octanol–water partition coefficient (Wildman–Crippen LogP) is 2.57. The Balaban J connectivity index is 2.28. The summed E-state index contributed by atoms with van der Waals surface area (Å²) < 4.78 is 10.8. The molecular weight excluding hydrogens is 304 g/mol. The van der Waals surface area contributed by atoms with Crippen molar-refractivity contribution >= 4 is 17.5 Å². The van der Waals surface area contributed by atoms with Gasteiger partial charge in [-0.05, 0) is 32.9 Å². The van der Waals surface area contributed by atoms with E-state index in [2.05, 4.69) is 19.2 Å².